The first-order valence-electron chi connectivity index (χ1n) is 5.95. The molecule has 0 atom stereocenters. The molecule has 1 aromatic heterocycles. The van der Waals surface area contributed by atoms with Crippen molar-refractivity contribution in [3.05, 3.63) is 56.2 Å². The highest BCUT2D eigenvalue weighted by atomic mass is 79.9. The minimum atomic E-state index is -3.42. The van der Waals surface area contributed by atoms with Crippen LogP contribution in [-0.2, 0) is 22.3 Å². The Morgan fingerprint density at radius 2 is 2.14 bits per heavy atom. The average Bonchev–Trinajstić information content (AvgIpc) is 2.82. The summed E-state index contributed by atoms with van der Waals surface area (Å²) in [6, 6.07) is 8.83. The van der Waals surface area contributed by atoms with Crippen LogP contribution in [0.2, 0.25) is 0 Å². The Morgan fingerprint density at radius 1 is 1.38 bits per heavy atom. The third kappa shape index (κ3) is 4.86. The van der Waals surface area contributed by atoms with E-state index in [1.54, 1.807) is 24.3 Å². The summed E-state index contributed by atoms with van der Waals surface area (Å²) in [6.45, 7) is 0.273. The van der Waals surface area contributed by atoms with Crippen molar-refractivity contribution < 1.29 is 8.42 Å². The lowest BCUT2D eigenvalue weighted by Gasteiger charge is -2.07. The Labute approximate surface area is 141 Å². The van der Waals surface area contributed by atoms with Gasteiger partial charge in [0.25, 0.3) is 0 Å². The van der Waals surface area contributed by atoms with E-state index in [-0.39, 0.29) is 17.3 Å². The maximum atomic E-state index is 12.1. The number of nitrogens with two attached hydrogens (primary N) is 1. The van der Waals surface area contributed by atoms with Gasteiger partial charge in [0.15, 0.2) is 0 Å². The summed E-state index contributed by atoms with van der Waals surface area (Å²) in [7, 11) is -3.42. The summed E-state index contributed by atoms with van der Waals surface area (Å²) in [4.78, 5) is 1.19. The van der Waals surface area contributed by atoms with Crippen molar-refractivity contribution in [2.75, 3.05) is 0 Å². The van der Waals surface area contributed by atoms with Gasteiger partial charge in [-0.25, -0.2) is 13.1 Å². The molecule has 8 heteroatoms. The quantitative estimate of drug-likeness (QED) is 0.725. The van der Waals surface area contributed by atoms with Gasteiger partial charge in [0.05, 0.1) is 5.75 Å². The lowest BCUT2D eigenvalue weighted by molar-refractivity contribution is 0.581. The van der Waals surface area contributed by atoms with Crippen molar-refractivity contribution in [2.45, 2.75) is 12.3 Å². The number of thiophene rings is 1. The van der Waals surface area contributed by atoms with Crippen LogP contribution in [0.25, 0.3) is 0 Å². The molecule has 1 heterocycles. The monoisotopic (exact) mass is 404 g/mol. The fourth-order valence-corrected chi connectivity index (χ4v) is 4.45. The Morgan fingerprint density at radius 3 is 2.76 bits per heavy atom. The summed E-state index contributed by atoms with van der Waals surface area (Å²) in [6.07, 6.45) is 0. The van der Waals surface area contributed by atoms with Gasteiger partial charge in [-0.3, -0.25) is 0 Å². The number of thiocarbonyl (C=S) groups is 1. The standard InChI is InChI=1S/C13H13BrN2O2S3/c14-11-4-5-20-12(11)7-16-21(17,18)8-9-2-1-3-10(6-9)13(15)19/h1-6,16H,7-8H2,(H2,15,19). The third-order valence-corrected chi connectivity index (χ3v) is 6.17. The Balaban J connectivity index is 2.05. The number of nitrogens with one attached hydrogen (secondary N) is 1. The summed E-state index contributed by atoms with van der Waals surface area (Å²) >= 11 is 9.76. The zero-order chi connectivity index (χ0) is 15.5. The van der Waals surface area contributed by atoms with Crippen LogP contribution in [0.5, 0.6) is 0 Å². The van der Waals surface area contributed by atoms with Crippen molar-refractivity contribution in [1.82, 2.24) is 4.72 Å². The van der Waals surface area contributed by atoms with Gasteiger partial charge in [-0.15, -0.1) is 11.3 Å². The minimum Gasteiger partial charge on any atom is -0.389 e. The van der Waals surface area contributed by atoms with Crippen molar-refractivity contribution in [1.29, 1.82) is 0 Å². The molecule has 0 aliphatic carbocycles. The van der Waals surface area contributed by atoms with Crippen LogP contribution in [0.1, 0.15) is 16.0 Å². The Bertz CT molecular complexity index is 756. The zero-order valence-electron chi connectivity index (χ0n) is 10.9. The molecule has 3 N–H and O–H groups in total. The molecule has 0 radical (unpaired) electrons. The molecule has 0 bridgehead atoms. The summed E-state index contributed by atoms with van der Waals surface area (Å²) in [5, 5.41) is 1.90. The fraction of sp³-hybridized carbons (Fsp3) is 0.154. The van der Waals surface area contributed by atoms with Crippen molar-refractivity contribution >= 4 is 54.5 Å². The molecule has 2 rings (SSSR count). The summed E-state index contributed by atoms with van der Waals surface area (Å²) in [5.74, 6) is -0.105. The molecular formula is C13H13BrN2O2S3. The molecule has 0 aliphatic heterocycles. The second-order valence-corrected chi connectivity index (χ2v) is 8.44. The van der Waals surface area contributed by atoms with E-state index in [0.29, 0.717) is 11.1 Å². The van der Waals surface area contributed by atoms with Gasteiger partial charge >= 0.3 is 0 Å². The van der Waals surface area contributed by atoms with Crippen LogP contribution in [0.3, 0.4) is 0 Å². The van der Waals surface area contributed by atoms with Gasteiger partial charge in [0.2, 0.25) is 10.0 Å². The molecule has 4 nitrogen and oxygen atoms in total. The predicted molar refractivity (Wildman–Crippen MR) is 93.8 cm³/mol. The average molecular weight is 405 g/mol. The first-order chi connectivity index (χ1) is 9.87. The maximum absolute atomic E-state index is 12.1. The molecule has 0 aliphatic rings. The lowest BCUT2D eigenvalue weighted by Crippen LogP contribution is -2.24. The number of benzene rings is 1. The van der Waals surface area contributed by atoms with Crippen molar-refractivity contribution in [3.8, 4) is 0 Å². The molecule has 0 saturated heterocycles. The molecule has 0 amide bonds. The van der Waals surface area contributed by atoms with Gasteiger partial charge < -0.3 is 5.73 Å². The Hall–Kier alpha value is -0.800. The van der Waals surface area contributed by atoms with Crippen LogP contribution < -0.4 is 10.5 Å². The molecule has 0 unspecified atom stereocenters. The van der Waals surface area contributed by atoms with Gasteiger partial charge in [-0.1, -0.05) is 30.4 Å². The molecule has 1 aromatic carbocycles. The van der Waals surface area contributed by atoms with Crippen LogP contribution in [-0.4, -0.2) is 13.4 Å². The van der Waals surface area contributed by atoms with Crippen molar-refractivity contribution in [3.63, 3.8) is 0 Å². The number of sulfonamides is 1. The summed E-state index contributed by atoms with van der Waals surface area (Å²) in [5.41, 5.74) is 6.86. The van der Waals surface area contributed by atoms with Crippen LogP contribution >= 0.6 is 39.5 Å². The molecular weight excluding hydrogens is 392 g/mol. The van der Waals surface area contributed by atoms with E-state index in [0.717, 1.165) is 9.35 Å². The van der Waals surface area contributed by atoms with Crippen molar-refractivity contribution in [2.24, 2.45) is 5.73 Å². The topological polar surface area (TPSA) is 72.2 Å². The number of rotatable bonds is 6. The van der Waals surface area contributed by atoms with E-state index in [4.69, 9.17) is 18.0 Å². The van der Waals surface area contributed by atoms with Gasteiger partial charge in [0, 0.05) is 21.5 Å². The molecule has 0 saturated carbocycles. The molecule has 2 aromatic rings. The summed E-state index contributed by atoms with van der Waals surface area (Å²) < 4.78 is 27.7. The maximum Gasteiger partial charge on any atom is 0.216 e. The molecule has 112 valence electrons. The second-order valence-electron chi connectivity index (χ2n) is 4.34. The van der Waals surface area contributed by atoms with Gasteiger partial charge in [-0.2, -0.15) is 0 Å². The number of hydrogen-bond donors (Lipinski definition) is 2. The SMILES string of the molecule is NC(=S)c1cccc(CS(=O)(=O)NCc2sccc2Br)c1. The highest BCUT2D eigenvalue weighted by Gasteiger charge is 2.13. The molecule has 0 spiro atoms. The first kappa shape index (κ1) is 16.6. The van der Waals surface area contributed by atoms with E-state index in [9.17, 15) is 8.42 Å². The number of hydrogen-bond acceptors (Lipinski definition) is 4. The molecule has 0 fully saturated rings. The van der Waals surface area contributed by atoms with Crippen LogP contribution in [0.15, 0.2) is 40.2 Å². The highest BCUT2D eigenvalue weighted by molar-refractivity contribution is 9.10. The largest absolute Gasteiger partial charge is 0.389 e. The van der Waals surface area contributed by atoms with E-state index in [1.165, 1.54) is 11.3 Å². The van der Waals surface area contributed by atoms with E-state index >= 15 is 0 Å². The fourth-order valence-electron chi connectivity index (χ4n) is 1.71. The van der Waals surface area contributed by atoms with E-state index in [2.05, 4.69) is 20.7 Å². The molecule has 21 heavy (non-hydrogen) atoms. The smallest absolute Gasteiger partial charge is 0.216 e. The highest BCUT2D eigenvalue weighted by Crippen LogP contribution is 2.22. The van der Waals surface area contributed by atoms with Gasteiger partial charge in [-0.05, 0) is 39.0 Å². The first-order valence-corrected chi connectivity index (χ1v) is 9.68. The third-order valence-electron chi connectivity index (χ3n) is 2.71. The van der Waals surface area contributed by atoms with E-state index in [1.807, 2.05) is 11.4 Å². The normalized spacial score (nSPS) is 11.5. The zero-order valence-corrected chi connectivity index (χ0v) is 14.9. The number of halogens is 1. The van der Waals surface area contributed by atoms with Crippen LogP contribution in [0, 0.1) is 0 Å². The Kier molecular flexibility index (Phi) is 5.50. The second kappa shape index (κ2) is 6.97. The van der Waals surface area contributed by atoms with Gasteiger partial charge in [0.1, 0.15) is 4.99 Å². The minimum absolute atomic E-state index is 0.105. The predicted octanol–water partition coefficient (Wildman–Crippen LogP) is 2.76. The van der Waals surface area contributed by atoms with E-state index < -0.39 is 10.0 Å². The lowest BCUT2D eigenvalue weighted by atomic mass is 10.1. The van der Waals surface area contributed by atoms with Crippen LogP contribution in [0.4, 0.5) is 0 Å².